The van der Waals surface area contributed by atoms with E-state index in [1.807, 2.05) is 42.5 Å². The highest BCUT2D eigenvalue weighted by atomic mass is 79.9. The van der Waals surface area contributed by atoms with Gasteiger partial charge >= 0.3 is 0 Å². The second-order valence-corrected chi connectivity index (χ2v) is 4.50. The van der Waals surface area contributed by atoms with E-state index in [-0.39, 0.29) is 22.5 Å². The third kappa shape index (κ3) is 1.64. The number of fused-ring (bicyclic) bond motifs is 5. The molecular formula is C15H11BrN2O. The number of benzene rings is 2. The fraction of sp³-hybridized carbons (Fsp3) is 0.0667. The van der Waals surface area contributed by atoms with Crippen LogP contribution < -0.4 is 5.56 Å². The lowest BCUT2D eigenvalue weighted by molar-refractivity contribution is 0.853. The summed E-state index contributed by atoms with van der Waals surface area (Å²) in [5.41, 5.74) is 3.11. The van der Waals surface area contributed by atoms with E-state index in [9.17, 15) is 4.79 Å². The first-order chi connectivity index (χ1) is 8.84. The van der Waals surface area contributed by atoms with Crippen molar-refractivity contribution in [2.45, 2.75) is 6.54 Å². The molecule has 0 aliphatic carbocycles. The van der Waals surface area contributed by atoms with Crippen LogP contribution in [-0.4, -0.2) is 9.55 Å². The fourth-order valence-corrected chi connectivity index (χ4v) is 2.63. The number of hydrogen-bond acceptors (Lipinski definition) is 2. The molecule has 1 aromatic heterocycles. The van der Waals surface area contributed by atoms with E-state index in [0.29, 0.717) is 5.39 Å². The minimum Gasteiger partial charge on any atom is -0.321 e. The molecule has 0 bridgehead atoms. The van der Waals surface area contributed by atoms with Crippen molar-refractivity contribution < 1.29 is 0 Å². The molecule has 0 saturated heterocycles. The van der Waals surface area contributed by atoms with Crippen LogP contribution in [0.25, 0.3) is 22.3 Å². The van der Waals surface area contributed by atoms with Gasteiger partial charge in [-0.1, -0.05) is 36.4 Å². The van der Waals surface area contributed by atoms with Crippen LogP contribution in [0.2, 0.25) is 0 Å². The summed E-state index contributed by atoms with van der Waals surface area (Å²) in [4.78, 5) is 16.3. The van der Waals surface area contributed by atoms with Crippen LogP contribution in [-0.2, 0) is 6.54 Å². The van der Waals surface area contributed by atoms with Crippen molar-refractivity contribution in [1.29, 1.82) is 0 Å². The third-order valence-electron chi connectivity index (χ3n) is 3.48. The summed E-state index contributed by atoms with van der Waals surface area (Å²) in [5, 5.41) is 0.689. The fourth-order valence-electron chi connectivity index (χ4n) is 2.63. The predicted molar refractivity (Wildman–Crippen MR) is 80.9 cm³/mol. The lowest BCUT2D eigenvalue weighted by Gasteiger charge is -2.07. The second kappa shape index (κ2) is 4.31. The van der Waals surface area contributed by atoms with Crippen molar-refractivity contribution >= 4 is 27.9 Å². The molecule has 1 aliphatic heterocycles. The first-order valence-electron chi connectivity index (χ1n) is 5.92. The molecule has 0 atom stereocenters. The van der Waals surface area contributed by atoms with E-state index in [2.05, 4.69) is 15.6 Å². The molecular weight excluding hydrogens is 304 g/mol. The maximum atomic E-state index is 12.0. The summed E-state index contributed by atoms with van der Waals surface area (Å²) in [5.74, 6) is 0.786. The van der Waals surface area contributed by atoms with Gasteiger partial charge in [-0.2, -0.15) is 4.98 Å². The Balaban J connectivity index is 0.00000110. The van der Waals surface area contributed by atoms with Crippen molar-refractivity contribution in [3.05, 3.63) is 64.4 Å². The Morgan fingerprint density at radius 3 is 2.63 bits per heavy atom. The molecule has 2 aromatic carbocycles. The lowest BCUT2D eigenvalue weighted by atomic mass is 10.1. The van der Waals surface area contributed by atoms with Crippen molar-refractivity contribution in [3.63, 3.8) is 0 Å². The van der Waals surface area contributed by atoms with Crippen LogP contribution in [0.15, 0.2) is 53.3 Å². The summed E-state index contributed by atoms with van der Waals surface area (Å²) in [6.45, 7) is 0.791. The number of nitrogens with zero attached hydrogens (tertiary/aromatic N) is 2. The van der Waals surface area contributed by atoms with Crippen LogP contribution in [0.5, 0.6) is 0 Å². The number of hydrogen-bond donors (Lipinski definition) is 0. The Labute approximate surface area is 120 Å². The van der Waals surface area contributed by atoms with E-state index in [1.54, 1.807) is 0 Å². The number of para-hydroxylation sites is 1. The molecule has 0 N–H and O–H groups in total. The second-order valence-electron chi connectivity index (χ2n) is 4.50. The smallest absolute Gasteiger partial charge is 0.281 e. The first kappa shape index (κ1) is 12.1. The van der Waals surface area contributed by atoms with Crippen molar-refractivity contribution in [1.82, 2.24) is 9.55 Å². The lowest BCUT2D eigenvalue weighted by Crippen LogP contribution is -2.13. The molecule has 0 spiro atoms. The van der Waals surface area contributed by atoms with Gasteiger partial charge in [-0.3, -0.25) is 4.79 Å². The summed E-state index contributed by atoms with van der Waals surface area (Å²) < 4.78 is 2.11. The van der Waals surface area contributed by atoms with E-state index < -0.39 is 0 Å². The molecule has 2 heterocycles. The molecule has 19 heavy (non-hydrogen) atoms. The van der Waals surface area contributed by atoms with Crippen molar-refractivity contribution in [3.8, 4) is 11.4 Å². The first-order valence-corrected chi connectivity index (χ1v) is 5.92. The molecule has 0 amide bonds. The van der Waals surface area contributed by atoms with Gasteiger partial charge in [0.2, 0.25) is 0 Å². The van der Waals surface area contributed by atoms with Gasteiger partial charge in [0.25, 0.3) is 5.56 Å². The topological polar surface area (TPSA) is 34.9 Å². The molecule has 3 nitrogen and oxygen atoms in total. The Hall–Kier alpha value is -1.94. The highest BCUT2D eigenvalue weighted by molar-refractivity contribution is 8.93. The van der Waals surface area contributed by atoms with Crippen LogP contribution in [0.4, 0.5) is 0 Å². The number of halogens is 1. The Morgan fingerprint density at radius 2 is 1.74 bits per heavy atom. The SMILES string of the molecule is Br.O=c1nc2n(c3ccccc13)Cc1ccccc1-2. The highest BCUT2D eigenvalue weighted by Gasteiger charge is 2.20. The summed E-state index contributed by atoms with van der Waals surface area (Å²) in [6.07, 6.45) is 0. The van der Waals surface area contributed by atoms with E-state index >= 15 is 0 Å². The summed E-state index contributed by atoms with van der Waals surface area (Å²) >= 11 is 0. The van der Waals surface area contributed by atoms with Gasteiger partial charge in [0, 0.05) is 5.56 Å². The molecule has 4 heteroatoms. The summed E-state index contributed by atoms with van der Waals surface area (Å²) in [7, 11) is 0. The molecule has 4 rings (SSSR count). The average Bonchev–Trinajstić information content (AvgIpc) is 2.78. The zero-order valence-corrected chi connectivity index (χ0v) is 11.7. The number of rotatable bonds is 0. The molecule has 0 saturated carbocycles. The average molecular weight is 315 g/mol. The standard InChI is InChI=1S/C15H10N2O.BrH/c18-15-12-7-3-4-8-13(12)17-9-10-5-1-2-6-11(10)14(17)16-15;/h1-8H,9H2;1H. The number of aromatic nitrogens is 2. The zero-order valence-electron chi connectivity index (χ0n) is 10.0. The molecule has 94 valence electrons. The molecule has 0 fully saturated rings. The minimum atomic E-state index is -0.145. The van der Waals surface area contributed by atoms with Gasteiger partial charge in [0.15, 0.2) is 0 Å². The maximum Gasteiger partial charge on any atom is 0.281 e. The monoisotopic (exact) mass is 314 g/mol. The van der Waals surface area contributed by atoms with Crippen LogP contribution in [0.3, 0.4) is 0 Å². The Kier molecular flexibility index (Phi) is 2.75. The highest BCUT2D eigenvalue weighted by Crippen LogP contribution is 2.31. The van der Waals surface area contributed by atoms with E-state index in [0.717, 1.165) is 23.4 Å². The largest absolute Gasteiger partial charge is 0.321 e. The Bertz CT molecular complexity index is 839. The van der Waals surface area contributed by atoms with Gasteiger partial charge in [-0.25, -0.2) is 0 Å². The minimum absolute atomic E-state index is 0. The maximum absolute atomic E-state index is 12.0. The molecule has 0 radical (unpaired) electrons. The van der Waals surface area contributed by atoms with Crippen LogP contribution >= 0.6 is 17.0 Å². The summed E-state index contributed by atoms with van der Waals surface area (Å²) in [6, 6.07) is 15.8. The van der Waals surface area contributed by atoms with Gasteiger partial charge in [0.1, 0.15) is 5.82 Å². The molecule has 3 aromatic rings. The van der Waals surface area contributed by atoms with E-state index in [4.69, 9.17) is 0 Å². The van der Waals surface area contributed by atoms with Gasteiger partial charge in [-0.15, -0.1) is 17.0 Å². The third-order valence-corrected chi connectivity index (χ3v) is 3.48. The van der Waals surface area contributed by atoms with Gasteiger partial charge < -0.3 is 4.57 Å². The zero-order chi connectivity index (χ0) is 12.1. The quantitative estimate of drug-likeness (QED) is 0.500. The van der Waals surface area contributed by atoms with Gasteiger partial charge in [0.05, 0.1) is 17.4 Å². The van der Waals surface area contributed by atoms with E-state index in [1.165, 1.54) is 5.56 Å². The van der Waals surface area contributed by atoms with Crippen LogP contribution in [0.1, 0.15) is 5.56 Å². The van der Waals surface area contributed by atoms with Crippen LogP contribution in [0, 0.1) is 0 Å². The molecule has 1 aliphatic rings. The van der Waals surface area contributed by atoms with Gasteiger partial charge in [-0.05, 0) is 17.7 Å². The Morgan fingerprint density at radius 1 is 1.00 bits per heavy atom. The van der Waals surface area contributed by atoms with Crippen molar-refractivity contribution in [2.75, 3.05) is 0 Å². The normalized spacial score (nSPS) is 11.8. The predicted octanol–water partition coefficient (Wildman–Crippen LogP) is 3.00. The molecule has 0 unspecified atom stereocenters. The van der Waals surface area contributed by atoms with Crippen molar-refractivity contribution in [2.24, 2.45) is 0 Å².